The minimum absolute atomic E-state index is 0.0183. The molecule has 21 heavy (non-hydrogen) atoms. The zero-order valence-corrected chi connectivity index (χ0v) is 12.1. The van der Waals surface area contributed by atoms with Crippen LogP contribution in [0.15, 0.2) is 29.3 Å². The van der Waals surface area contributed by atoms with Crippen molar-refractivity contribution in [2.45, 2.75) is 6.54 Å². The Hall–Kier alpha value is -1.92. The summed E-state index contributed by atoms with van der Waals surface area (Å²) in [5, 5.41) is 4.19. The van der Waals surface area contributed by atoms with Gasteiger partial charge in [0.15, 0.2) is 0 Å². The molecule has 0 aliphatic carbocycles. The largest absolute Gasteiger partial charge is 0.339 e. The second kappa shape index (κ2) is 5.83. The first-order valence-corrected chi connectivity index (χ1v) is 7.16. The van der Waals surface area contributed by atoms with Crippen LogP contribution in [0.2, 0.25) is 5.02 Å². The Kier molecular flexibility index (Phi) is 3.90. The van der Waals surface area contributed by atoms with Gasteiger partial charge in [-0.3, -0.25) is 14.2 Å². The summed E-state index contributed by atoms with van der Waals surface area (Å²) < 4.78 is 1.35. The summed E-state index contributed by atoms with van der Waals surface area (Å²) in [5.74, 6) is -0.0614. The van der Waals surface area contributed by atoms with Crippen molar-refractivity contribution in [3.8, 4) is 0 Å². The third-order valence-corrected chi connectivity index (χ3v) is 3.80. The maximum Gasteiger partial charge on any atom is 0.261 e. The maximum absolute atomic E-state index is 12.4. The molecule has 1 amide bonds. The Bertz CT molecular complexity index is 737. The first kappa shape index (κ1) is 14.0. The lowest BCUT2D eigenvalue weighted by Gasteiger charge is -2.27. The van der Waals surface area contributed by atoms with Gasteiger partial charge in [0.05, 0.1) is 17.2 Å². The van der Waals surface area contributed by atoms with E-state index in [2.05, 4.69) is 10.3 Å². The van der Waals surface area contributed by atoms with E-state index >= 15 is 0 Å². The van der Waals surface area contributed by atoms with E-state index in [1.165, 1.54) is 10.9 Å². The van der Waals surface area contributed by atoms with Crippen LogP contribution >= 0.6 is 11.6 Å². The second-order valence-electron chi connectivity index (χ2n) is 4.97. The molecule has 2 heterocycles. The minimum atomic E-state index is -0.222. The Labute approximate surface area is 126 Å². The van der Waals surface area contributed by atoms with Gasteiger partial charge in [-0.05, 0) is 18.2 Å². The van der Waals surface area contributed by atoms with Crippen LogP contribution in [-0.4, -0.2) is 46.5 Å². The summed E-state index contributed by atoms with van der Waals surface area (Å²) in [5.41, 5.74) is 0.318. The van der Waals surface area contributed by atoms with Crippen LogP contribution in [0.25, 0.3) is 10.9 Å². The molecule has 0 bridgehead atoms. The molecule has 1 fully saturated rings. The van der Waals surface area contributed by atoms with E-state index in [0.717, 1.165) is 13.1 Å². The highest BCUT2D eigenvalue weighted by Gasteiger charge is 2.17. The molecule has 2 aromatic rings. The first-order chi connectivity index (χ1) is 10.1. The maximum atomic E-state index is 12.4. The minimum Gasteiger partial charge on any atom is -0.339 e. The first-order valence-electron chi connectivity index (χ1n) is 6.78. The average Bonchev–Trinajstić information content (AvgIpc) is 2.51. The molecule has 0 spiro atoms. The van der Waals surface area contributed by atoms with Crippen molar-refractivity contribution in [3.05, 3.63) is 39.9 Å². The van der Waals surface area contributed by atoms with Gasteiger partial charge in [-0.15, -0.1) is 0 Å². The third kappa shape index (κ3) is 2.91. The fourth-order valence-electron chi connectivity index (χ4n) is 2.40. The van der Waals surface area contributed by atoms with Gasteiger partial charge in [-0.2, -0.15) is 0 Å². The zero-order valence-electron chi connectivity index (χ0n) is 11.4. The lowest BCUT2D eigenvalue weighted by Crippen LogP contribution is -2.48. The van der Waals surface area contributed by atoms with E-state index in [1.807, 2.05) is 0 Å². The van der Waals surface area contributed by atoms with Crippen molar-refractivity contribution in [2.75, 3.05) is 26.2 Å². The van der Waals surface area contributed by atoms with E-state index in [9.17, 15) is 9.59 Å². The topological polar surface area (TPSA) is 67.2 Å². The van der Waals surface area contributed by atoms with Crippen LogP contribution in [0.5, 0.6) is 0 Å². The normalized spacial score (nSPS) is 15.4. The Morgan fingerprint density at radius 2 is 2.10 bits per heavy atom. The molecule has 3 rings (SSSR count). The number of fused-ring (bicyclic) bond motifs is 1. The second-order valence-corrected chi connectivity index (χ2v) is 5.41. The van der Waals surface area contributed by atoms with Gasteiger partial charge in [0, 0.05) is 31.2 Å². The molecule has 1 aromatic heterocycles. The quantitative estimate of drug-likeness (QED) is 0.876. The number of halogens is 1. The molecule has 0 atom stereocenters. The number of amides is 1. The standard InChI is InChI=1S/C14H15ClN4O2/c15-10-1-2-11-12(7-10)17-9-19(14(11)21)8-13(20)18-5-3-16-4-6-18/h1-2,7,9,16H,3-6,8H2. The Morgan fingerprint density at radius 1 is 1.33 bits per heavy atom. The van der Waals surface area contributed by atoms with E-state index in [1.54, 1.807) is 23.1 Å². The Morgan fingerprint density at radius 3 is 2.86 bits per heavy atom. The molecule has 110 valence electrons. The van der Waals surface area contributed by atoms with Gasteiger partial charge < -0.3 is 10.2 Å². The number of carbonyl (C=O) groups excluding carboxylic acids is 1. The highest BCUT2D eigenvalue weighted by atomic mass is 35.5. The molecule has 0 radical (unpaired) electrons. The number of piperazine rings is 1. The van der Waals surface area contributed by atoms with E-state index < -0.39 is 0 Å². The predicted molar refractivity (Wildman–Crippen MR) is 80.5 cm³/mol. The summed E-state index contributed by atoms with van der Waals surface area (Å²) in [7, 11) is 0. The molecule has 1 saturated heterocycles. The van der Waals surface area contributed by atoms with Gasteiger partial charge in [-0.1, -0.05) is 11.6 Å². The summed E-state index contributed by atoms with van der Waals surface area (Å²) in [6.45, 7) is 2.93. The van der Waals surface area contributed by atoms with Crippen LogP contribution in [0.4, 0.5) is 0 Å². The predicted octanol–water partition coefficient (Wildman–Crippen LogP) is 0.482. The Balaban J connectivity index is 1.87. The van der Waals surface area contributed by atoms with Gasteiger partial charge in [0.1, 0.15) is 6.54 Å². The SMILES string of the molecule is O=C(Cn1cnc2cc(Cl)ccc2c1=O)N1CCNCC1. The van der Waals surface area contributed by atoms with Crippen LogP contribution in [0.3, 0.4) is 0 Å². The molecule has 0 unspecified atom stereocenters. The van der Waals surface area contributed by atoms with Crippen LogP contribution in [-0.2, 0) is 11.3 Å². The van der Waals surface area contributed by atoms with Crippen LogP contribution in [0.1, 0.15) is 0 Å². The van der Waals surface area contributed by atoms with E-state index in [0.29, 0.717) is 29.0 Å². The van der Waals surface area contributed by atoms with Crippen molar-refractivity contribution in [3.63, 3.8) is 0 Å². The third-order valence-electron chi connectivity index (χ3n) is 3.56. The van der Waals surface area contributed by atoms with Crippen LogP contribution < -0.4 is 10.9 Å². The number of nitrogens with one attached hydrogen (secondary N) is 1. The molecule has 7 heteroatoms. The number of hydrogen-bond acceptors (Lipinski definition) is 4. The zero-order chi connectivity index (χ0) is 14.8. The van der Waals surface area contributed by atoms with Crippen molar-refractivity contribution >= 4 is 28.4 Å². The average molecular weight is 307 g/mol. The number of hydrogen-bond donors (Lipinski definition) is 1. The summed E-state index contributed by atoms with van der Waals surface area (Å²) in [4.78, 5) is 30.5. The number of rotatable bonds is 2. The van der Waals surface area contributed by atoms with Crippen molar-refractivity contribution in [2.24, 2.45) is 0 Å². The van der Waals surface area contributed by atoms with E-state index in [4.69, 9.17) is 11.6 Å². The number of nitrogens with zero attached hydrogens (tertiary/aromatic N) is 3. The fraction of sp³-hybridized carbons (Fsp3) is 0.357. The van der Waals surface area contributed by atoms with Gasteiger partial charge in [0.25, 0.3) is 5.56 Å². The van der Waals surface area contributed by atoms with Gasteiger partial charge >= 0.3 is 0 Å². The molecular formula is C14H15ClN4O2. The van der Waals surface area contributed by atoms with Crippen molar-refractivity contribution in [1.29, 1.82) is 0 Å². The van der Waals surface area contributed by atoms with Crippen molar-refractivity contribution < 1.29 is 4.79 Å². The van der Waals surface area contributed by atoms with Gasteiger partial charge in [-0.25, -0.2) is 4.98 Å². The van der Waals surface area contributed by atoms with Crippen molar-refractivity contribution in [1.82, 2.24) is 19.8 Å². The molecular weight excluding hydrogens is 292 g/mol. The number of aromatic nitrogens is 2. The lowest BCUT2D eigenvalue weighted by molar-refractivity contribution is -0.132. The van der Waals surface area contributed by atoms with Gasteiger partial charge in [0.2, 0.25) is 5.91 Å². The summed E-state index contributed by atoms with van der Waals surface area (Å²) in [6.07, 6.45) is 1.40. The molecule has 0 saturated carbocycles. The summed E-state index contributed by atoms with van der Waals surface area (Å²) >= 11 is 5.88. The summed E-state index contributed by atoms with van der Waals surface area (Å²) in [6, 6.07) is 4.93. The monoisotopic (exact) mass is 306 g/mol. The van der Waals surface area contributed by atoms with E-state index in [-0.39, 0.29) is 18.0 Å². The molecule has 1 aliphatic heterocycles. The molecule has 1 aliphatic rings. The number of benzene rings is 1. The highest BCUT2D eigenvalue weighted by Crippen LogP contribution is 2.14. The molecule has 1 N–H and O–H groups in total. The fourth-order valence-corrected chi connectivity index (χ4v) is 2.57. The van der Waals surface area contributed by atoms with Crippen LogP contribution in [0, 0.1) is 0 Å². The smallest absolute Gasteiger partial charge is 0.261 e. The number of carbonyl (C=O) groups is 1. The molecule has 6 nitrogen and oxygen atoms in total. The lowest BCUT2D eigenvalue weighted by atomic mass is 10.2. The highest BCUT2D eigenvalue weighted by molar-refractivity contribution is 6.31. The molecule has 1 aromatic carbocycles.